The molecule has 0 aromatic heterocycles. The van der Waals surface area contributed by atoms with E-state index in [0.717, 1.165) is 77.0 Å². The first-order valence-corrected chi connectivity index (χ1v) is 18.6. The van der Waals surface area contributed by atoms with Crippen molar-refractivity contribution < 1.29 is 24.2 Å². The van der Waals surface area contributed by atoms with Crippen molar-refractivity contribution in [2.75, 3.05) is 6.54 Å². The number of ether oxygens (including phenoxy) is 1. The van der Waals surface area contributed by atoms with Gasteiger partial charge in [0.1, 0.15) is 12.6 Å². The zero-order chi connectivity index (χ0) is 33.1. The van der Waals surface area contributed by atoms with Gasteiger partial charge in [-0.3, -0.25) is 14.4 Å². The summed E-state index contributed by atoms with van der Waals surface area (Å²) in [4.78, 5) is 34.8. The molecule has 0 rings (SSSR count). The molecule has 0 fully saturated rings. The highest BCUT2D eigenvalue weighted by Crippen LogP contribution is 2.17. The van der Waals surface area contributed by atoms with Crippen molar-refractivity contribution in [2.24, 2.45) is 0 Å². The van der Waals surface area contributed by atoms with Gasteiger partial charge in [-0.15, -0.1) is 0 Å². The molecule has 0 bridgehead atoms. The maximum atomic E-state index is 12.6. The molecule has 0 saturated heterocycles. The van der Waals surface area contributed by atoms with E-state index >= 15 is 0 Å². The van der Waals surface area contributed by atoms with E-state index in [9.17, 15) is 14.4 Å². The zero-order valence-corrected chi connectivity index (χ0v) is 29.2. The van der Waals surface area contributed by atoms with Crippen molar-refractivity contribution in [3.8, 4) is 0 Å². The Morgan fingerprint density at radius 1 is 0.578 bits per heavy atom. The van der Waals surface area contributed by atoms with Crippen LogP contribution in [0.2, 0.25) is 0 Å². The molecule has 0 aromatic rings. The van der Waals surface area contributed by atoms with Crippen LogP contribution in [0.15, 0.2) is 36.5 Å². The lowest BCUT2D eigenvalue weighted by atomic mass is 10.0. The molecule has 0 aliphatic carbocycles. The third kappa shape index (κ3) is 34.3. The van der Waals surface area contributed by atoms with E-state index in [1.165, 1.54) is 77.0 Å². The maximum absolute atomic E-state index is 12.6. The molecule has 6 nitrogen and oxygen atoms in total. The molecule has 0 radical (unpaired) electrons. The average molecular weight is 632 g/mol. The minimum Gasteiger partial charge on any atom is -0.480 e. The SMILES string of the molecule is CCCCC/C=C\C/C=C\CCCC(CCCCCCCC(=O)NCC(=O)O)OC(=O)CCCCCCC/C=C\CCCCC. The summed E-state index contributed by atoms with van der Waals surface area (Å²) in [6.07, 6.45) is 41.1. The smallest absolute Gasteiger partial charge is 0.322 e. The number of esters is 1. The van der Waals surface area contributed by atoms with E-state index in [1.54, 1.807) is 0 Å². The Bertz CT molecular complexity index is 788. The third-order valence-corrected chi connectivity index (χ3v) is 8.03. The average Bonchev–Trinajstić information content (AvgIpc) is 3.02. The van der Waals surface area contributed by atoms with Crippen LogP contribution in [0.1, 0.15) is 181 Å². The highest BCUT2D eigenvalue weighted by molar-refractivity contribution is 5.80. The van der Waals surface area contributed by atoms with Gasteiger partial charge in [-0.25, -0.2) is 0 Å². The number of aliphatic carboxylic acids is 1. The zero-order valence-electron chi connectivity index (χ0n) is 29.2. The molecule has 0 aliphatic rings. The number of allylic oxidation sites excluding steroid dienone is 6. The molecule has 0 saturated carbocycles. The second-order valence-electron chi connectivity index (χ2n) is 12.5. The number of carboxylic acid groups (broad SMARTS) is 1. The number of unbranched alkanes of at least 4 members (excludes halogenated alkanes) is 16. The lowest BCUT2D eigenvalue weighted by Gasteiger charge is -2.18. The van der Waals surface area contributed by atoms with Gasteiger partial charge in [-0.1, -0.05) is 115 Å². The fourth-order valence-corrected chi connectivity index (χ4v) is 5.25. The highest BCUT2D eigenvalue weighted by atomic mass is 16.5. The van der Waals surface area contributed by atoms with Crippen molar-refractivity contribution in [3.63, 3.8) is 0 Å². The topological polar surface area (TPSA) is 92.7 Å². The predicted octanol–water partition coefficient (Wildman–Crippen LogP) is 10.9. The molecule has 0 spiro atoms. The minimum atomic E-state index is -1.02. The van der Waals surface area contributed by atoms with Crippen molar-refractivity contribution in [2.45, 2.75) is 187 Å². The normalized spacial score (nSPS) is 12.4. The molecule has 0 aromatic carbocycles. The van der Waals surface area contributed by atoms with E-state index in [1.807, 2.05) is 0 Å². The number of hydrogen-bond donors (Lipinski definition) is 2. The van der Waals surface area contributed by atoms with E-state index < -0.39 is 5.97 Å². The molecule has 2 N–H and O–H groups in total. The summed E-state index contributed by atoms with van der Waals surface area (Å²) < 4.78 is 5.96. The second-order valence-corrected chi connectivity index (χ2v) is 12.5. The Labute approximate surface area is 276 Å². The maximum Gasteiger partial charge on any atom is 0.322 e. The molecule has 260 valence electrons. The summed E-state index contributed by atoms with van der Waals surface area (Å²) in [7, 11) is 0. The molecular formula is C39H69NO5. The van der Waals surface area contributed by atoms with Gasteiger partial charge < -0.3 is 15.2 Å². The summed E-state index contributed by atoms with van der Waals surface area (Å²) >= 11 is 0. The van der Waals surface area contributed by atoms with Crippen molar-refractivity contribution in [1.82, 2.24) is 5.32 Å². The lowest BCUT2D eigenvalue weighted by molar-refractivity contribution is -0.150. The number of amides is 1. The number of carbonyl (C=O) groups excluding carboxylic acids is 2. The van der Waals surface area contributed by atoms with Gasteiger partial charge in [0.25, 0.3) is 0 Å². The van der Waals surface area contributed by atoms with Gasteiger partial charge in [-0.05, 0) is 89.9 Å². The van der Waals surface area contributed by atoms with Crippen LogP contribution < -0.4 is 5.32 Å². The van der Waals surface area contributed by atoms with E-state index in [-0.39, 0.29) is 24.5 Å². The summed E-state index contributed by atoms with van der Waals surface area (Å²) in [5.41, 5.74) is 0. The molecule has 1 atom stereocenters. The summed E-state index contributed by atoms with van der Waals surface area (Å²) in [6, 6.07) is 0. The lowest BCUT2D eigenvalue weighted by Crippen LogP contribution is -2.28. The van der Waals surface area contributed by atoms with Crippen LogP contribution in [0.3, 0.4) is 0 Å². The van der Waals surface area contributed by atoms with Gasteiger partial charge in [0.05, 0.1) is 0 Å². The molecule has 45 heavy (non-hydrogen) atoms. The van der Waals surface area contributed by atoms with Crippen molar-refractivity contribution in [3.05, 3.63) is 36.5 Å². The highest BCUT2D eigenvalue weighted by Gasteiger charge is 2.14. The number of rotatable bonds is 33. The molecule has 0 heterocycles. The van der Waals surface area contributed by atoms with Crippen LogP contribution in [0, 0.1) is 0 Å². The third-order valence-electron chi connectivity index (χ3n) is 8.03. The summed E-state index contributed by atoms with van der Waals surface area (Å²) in [5, 5.41) is 11.0. The molecule has 1 unspecified atom stereocenters. The molecule has 1 amide bonds. The predicted molar refractivity (Wildman–Crippen MR) is 189 cm³/mol. The summed E-state index contributed by atoms with van der Waals surface area (Å²) in [5.74, 6) is -1.27. The van der Waals surface area contributed by atoms with Gasteiger partial charge >= 0.3 is 11.9 Å². The van der Waals surface area contributed by atoms with Gasteiger partial charge in [-0.2, -0.15) is 0 Å². The van der Waals surface area contributed by atoms with E-state index in [2.05, 4.69) is 55.6 Å². The first-order valence-electron chi connectivity index (χ1n) is 18.6. The quantitative estimate of drug-likeness (QED) is 0.0427. The Hall–Kier alpha value is -2.37. The van der Waals surface area contributed by atoms with Crippen molar-refractivity contribution in [1.29, 1.82) is 0 Å². The second kappa shape index (κ2) is 34.5. The number of hydrogen-bond acceptors (Lipinski definition) is 4. The molecule has 6 heteroatoms. The Kier molecular flexibility index (Phi) is 32.7. The Morgan fingerprint density at radius 3 is 1.64 bits per heavy atom. The van der Waals surface area contributed by atoms with Crippen LogP contribution in [-0.2, 0) is 19.1 Å². The first kappa shape index (κ1) is 42.6. The van der Waals surface area contributed by atoms with Gasteiger partial charge in [0.15, 0.2) is 0 Å². The number of nitrogens with one attached hydrogen (secondary N) is 1. The number of carboxylic acids is 1. The van der Waals surface area contributed by atoms with E-state index in [4.69, 9.17) is 9.84 Å². The Morgan fingerprint density at radius 2 is 1.04 bits per heavy atom. The largest absolute Gasteiger partial charge is 0.480 e. The van der Waals surface area contributed by atoms with Crippen LogP contribution >= 0.6 is 0 Å². The minimum absolute atomic E-state index is 0.0183. The van der Waals surface area contributed by atoms with E-state index in [0.29, 0.717) is 12.8 Å². The van der Waals surface area contributed by atoms with Crippen LogP contribution in [0.25, 0.3) is 0 Å². The molecule has 0 aliphatic heterocycles. The standard InChI is InChI=1S/C39H69NO5/c1-3-5-7-9-11-13-15-17-19-21-26-30-34-39(44)45-36(31-27-23-20-18-16-14-12-10-8-6-4-2)32-28-24-22-25-29-33-37(41)40-35-38(42)43/h11-14,18,20,36H,3-10,15-17,19,21-35H2,1-2H3,(H,40,41)(H,42,43)/b13-11-,14-12-,20-18-. The fourth-order valence-electron chi connectivity index (χ4n) is 5.25. The monoisotopic (exact) mass is 632 g/mol. The fraction of sp³-hybridized carbons (Fsp3) is 0.769. The van der Waals surface area contributed by atoms with Crippen molar-refractivity contribution >= 4 is 17.8 Å². The van der Waals surface area contributed by atoms with Gasteiger partial charge in [0.2, 0.25) is 5.91 Å². The first-order chi connectivity index (χ1) is 22.0. The number of carbonyl (C=O) groups is 3. The van der Waals surface area contributed by atoms with Crippen LogP contribution in [0.4, 0.5) is 0 Å². The van der Waals surface area contributed by atoms with Crippen LogP contribution in [0.5, 0.6) is 0 Å². The molecular weight excluding hydrogens is 562 g/mol. The van der Waals surface area contributed by atoms with Crippen LogP contribution in [-0.4, -0.2) is 35.6 Å². The Balaban J connectivity index is 4.27. The summed E-state index contributed by atoms with van der Waals surface area (Å²) in [6.45, 7) is 4.16. The van der Waals surface area contributed by atoms with Gasteiger partial charge in [0, 0.05) is 12.8 Å².